The van der Waals surface area contributed by atoms with Crippen molar-refractivity contribution < 1.29 is 22.7 Å². The summed E-state index contributed by atoms with van der Waals surface area (Å²) in [6, 6.07) is 21.6. The van der Waals surface area contributed by atoms with E-state index in [1.54, 1.807) is 48.5 Å². The van der Waals surface area contributed by atoms with Crippen LogP contribution in [0.2, 0.25) is 0 Å². The second kappa shape index (κ2) is 13.0. The Balaban J connectivity index is 1.78. The largest absolute Gasteiger partial charge is 0.448 e. The molecule has 10 heteroatoms. The molecule has 43 heavy (non-hydrogen) atoms. The van der Waals surface area contributed by atoms with Gasteiger partial charge in [0.1, 0.15) is 18.2 Å². The number of benzene rings is 3. The average molecular weight is 589 g/mol. The first-order valence-corrected chi connectivity index (χ1v) is 13.5. The lowest BCUT2D eigenvalue weighted by Crippen LogP contribution is -2.29. The van der Waals surface area contributed by atoms with Crippen molar-refractivity contribution >= 4 is 11.8 Å². The normalized spacial score (nSPS) is 11.3. The topological polar surface area (TPSA) is 87.4 Å². The van der Waals surface area contributed by atoms with Crippen molar-refractivity contribution in [3.05, 3.63) is 111 Å². The number of nitrogens with zero attached hydrogens (tertiary/aromatic N) is 3. The molecule has 1 heterocycles. The van der Waals surface area contributed by atoms with E-state index >= 15 is 0 Å². The lowest BCUT2D eigenvalue weighted by atomic mass is 9.98. The van der Waals surface area contributed by atoms with Crippen LogP contribution in [0.3, 0.4) is 0 Å². The number of likely N-dealkylation sites (N-methyl/N-ethyl adjacent to an activating group) is 1. The molecule has 4 aromatic rings. The molecule has 0 aliphatic rings. The van der Waals surface area contributed by atoms with E-state index in [1.807, 2.05) is 51.0 Å². The van der Waals surface area contributed by atoms with Gasteiger partial charge in [0.2, 0.25) is 0 Å². The lowest BCUT2D eigenvalue weighted by molar-refractivity contribution is -0.137. The molecule has 1 N–H and O–H groups in total. The van der Waals surface area contributed by atoms with Gasteiger partial charge in [-0.15, -0.1) is 0 Å². The fourth-order valence-electron chi connectivity index (χ4n) is 4.68. The molecule has 0 saturated carbocycles. The number of ether oxygens (including phenoxy) is 1. The Morgan fingerprint density at radius 3 is 2.30 bits per heavy atom. The van der Waals surface area contributed by atoms with E-state index in [-0.39, 0.29) is 18.8 Å². The molecular weight excluding hydrogens is 557 g/mol. The van der Waals surface area contributed by atoms with E-state index in [2.05, 4.69) is 5.32 Å². The summed E-state index contributed by atoms with van der Waals surface area (Å²) in [7, 11) is 3.73. The van der Waals surface area contributed by atoms with Crippen LogP contribution in [0.5, 0.6) is 0 Å². The summed E-state index contributed by atoms with van der Waals surface area (Å²) >= 11 is 0. The van der Waals surface area contributed by atoms with Gasteiger partial charge in [-0.05, 0) is 80.0 Å². The van der Waals surface area contributed by atoms with Crippen LogP contribution in [-0.4, -0.2) is 42.8 Å². The van der Waals surface area contributed by atoms with Crippen molar-refractivity contribution in [3.63, 3.8) is 0 Å². The van der Waals surface area contributed by atoms with Gasteiger partial charge in [-0.25, -0.2) is 4.79 Å². The van der Waals surface area contributed by atoms with Gasteiger partial charge >= 0.3 is 12.3 Å². The van der Waals surface area contributed by atoms with Gasteiger partial charge in [0.05, 0.1) is 17.8 Å². The van der Waals surface area contributed by atoms with Crippen molar-refractivity contribution in [2.45, 2.75) is 26.6 Å². The number of carbonyl (C=O) groups excluding carboxylic acids is 1. The molecule has 0 bridgehead atoms. The number of aryl methyl sites for hydroxylation is 2. The summed E-state index contributed by atoms with van der Waals surface area (Å²) in [6.45, 7) is 4.55. The number of halogens is 3. The van der Waals surface area contributed by atoms with Crippen molar-refractivity contribution in [1.29, 1.82) is 5.26 Å². The molecule has 7 nitrogen and oxygen atoms in total. The Morgan fingerprint density at radius 1 is 0.977 bits per heavy atom. The lowest BCUT2D eigenvalue weighted by Gasteiger charge is -2.19. The van der Waals surface area contributed by atoms with Crippen LogP contribution in [0.25, 0.3) is 22.4 Å². The second-order valence-electron chi connectivity index (χ2n) is 10.5. The predicted octanol–water partition coefficient (Wildman–Crippen LogP) is 6.85. The maximum atomic E-state index is 14.0. The maximum Gasteiger partial charge on any atom is 0.417 e. The Kier molecular flexibility index (Phi) is 9.37. The number of nitriles is 1. The van der Waals surface area contributed by atoms with Gasteiger partial charge in [0.25, 0.3) is 5.56 Å². The summed E-state index contributed by atoms with van der Waals surface area (Å²) < 4.78 is 48.5. The highest BCUT2D eigenvalue weighted by atomic mass is 19.4. The van der Waals surface area contributed by atoms with E-state index in [0.717, 1.165) is 22.8 Å². The number of nitrogens with one attached hydrogen (secondary N) is 1. The van der Waals surface area contributed by atoms with E-state index in [9.17, 15) is 28.0 Å². The summed E-state index contributed by atoms with van der Waals surface area (Å²) in [4.78, 5) is 27.5. The third kappa shape index (κ3) is 7.50. The number of anilines is 1. The highest BCUT2D eigenvalue weighted by Crippen LogP contribution is 2.35. The van der Waals surface area contributed by atoms with Crippen molar-refractivity contribution in [1.82, 2.24) is 9.47 Å². The van der Waals surface area contributed by atoms with Crippen LogP contribution in [0.4, 0.5) is 23.7 Å². The predicted molar refractivity (Wildman–Crippen MR) is 160 cm³/mol. The molecule has 0 aliphatic heterocycles. The number of alkyl halides is 3. The Hall–Kier alpha value is -4.88. The second-order valence-corrected chi connectivity index (χ2v) is 10.5. The fourth-order valence-corrected chi connectivity index (χ4v) is 4.68. The highest BCUT2D eigenvalue weighted by molar-refractivity contribution is 5.86. The molecule has 1 amide bonds. The molecule has 222 valence electrons. The van der Waals surface area contributed by atoms with Crippen LogP contribution in [0.15, 0.2) is 77.6 Å². The van der Waals surface area contributed by atoms with E-state index in [4.69, 9.17) is 4.74 Å². The van der Waals surface area contributed by atoms with Crippen molar-refractivity contribution in [3.8, 4) is 28.5 Å². The van der Waals surface area contributed by atoms with E-state index in [0.29, 0.717) is 28.9 Å². The molecular formula is C33H31F3N4O3. The van der Waals surface area contributed by atoms with Gasteiger partial charge in [0.15, 0.2) is 0 Å². The number of pyridine rings is 1. The van der Waals surface area contributed by atoms with E-state index in [1.165, 1.54) is 10.6 Å². The highest BCUT2D eigenvalue weighted by Gasteiger charge is 2.36. The summed E-state index contributed by atoms with van der Waals surface area (Å²) in [5.74, 6) is 0. The van der Waals surface area contributed by atoms with Gasteiger partial charge in [-0.3, -0.25) is 10.1 Å². The van der Waals surface area contributed by atoms with Gasteiger partial charge in [0, 0.05) is 12.2 Å². The Labute approximate surface area is 247 Å². The molecule has 0 aliphatic carbocycles. The zero-order valence-corrected chi connectivity index (χ0v) is 24.2. The first kappa shape index (κ1) is 31.1. The number of hydrogen-bond donors (Lipinski definition) is 1. The van der Waals surface area contributed by atoms with Gasteiger partial charge in [-0.1, -0.05) is 54.1 Å². The third-order valence-electron chi connectivity index (χ3n) is 6.92. The van der Waals surface area contributed by atoms with Crippen molar-refractivity contribution in [2.24, 2.45) is 0 Å². The van der Waals surface area contributed by atoms with Crippen LogP contribution >= 0.6 is 0 Å². The zero-order valence-electron chi connectivity index (χ0n) is 24.2. The summed E-state index contributed by atoms with van der Waals surface area (Å²) in [5, 5.41) is 12.2. The average Bonchev–Trinajstić information content (AvgIpc) is 2.94. The van der Waals surface area contributed by atoms with Gasteiger partial charge < -0.3 is 14.2 Å². The fraction of sp³-hybridized carbons (Fsp3) is 0.242. The van der Waals surface area contributed by atoms with Crippen LogP contribution in [0.1, 0.15) is 27.8 Å². The number of amides is 1. The van der Waals surface area contributed by atoms with Crippen LogP contribution in [0, 0.1) is 25.2 Å². The molecule has 0 radical (unpaired) electrons. The summed E-state index contributed by atoms with van der Waals surface area (Å²) in [5.41, 5.74) is 1.55. The maximum absolute atomic E-state index is 14.0. The minimum absolute atomic E-state index is 0.0212. The van der Waals surface area contributed by atoms with Crippen LogP contribution < -0.4 is 10.9 Å². The Bertz CT molecular complexity index is 1750. The first-order chi connectivity index (χ1) is 20.4. The van der Waals surface area contributed by atoms with Gasteiger partial charge in [-0.2, -0.15) is 18.4 Å². The third-order valence-corrected chi connectivity index (χ3v) is 6.92. The molecule has 3 aromatic carbocycles. The Morgan fingerprint density at radius 2 is 1.65 bits per heavy atom. The van der Waals surface area contributed by atoms with E-state index < -0.39 is 29.0 Å². The monoisotopic (exact) mass is 588 g/mol. The molecule has 0 fully saturated rings. The first-order valence-electron chi connectivity index (χ1n) is 13.5. The SMILES string of the molecule is Cc1ccc(Cn2c(-c3cccc(-c4cccc(NC(=O)OCCN(C)C)c4)c3)cc(C(F)(F)F)c(C#N)c2=O)c(C)c1. The number of rotatable bonds is 8. The minimum Gasteiger partial charge on any atom is -0.448 e. The van der Waals surface area contributed by atoms with Crippen molar-refractivity contribution in [2.75, 3.05) is 32.6 Å². The minimum atomic E-state index is -4.91. The number of carbonyl (C=O) groups is 1. The standard InChI is InChI=1S/C33H31F3N4O3/c1-21-11-12-26(22(2)15-21)20-40-30(18-29(33(34,35)36)28(19-37)31(40)41)25-9-5-7-23(16-25)24-8-6-10-27(17-24)38-32(42)43-14-13-39(3)4/h5-12,15-18H,13-14,20H2,1-4H3,(H,38,42). The molecule has 0 unspecified atom stereocenters. The molecule has 0 atom stereocenters. The number of aromatic nitrogens is 1. The quantitative estimate of drug-likeness (QED) is 0.243. The van der Waals surface area contributed by atoms with Crippen LogP contribution in [-0.2, 0) is 17.5 Å². The molecule has 0 saturated heterocycles. The molecule has 4 rings (SSSR count). The number of hydrogen-bond acceptors (Lipinski definition) is 5. The summed E-state index contributed by atoms with van der Waals surface area (Å²) in [6.07, 6.45) is -5.52. The molecule has 1 aromatic heterocycles. The molecule has 0 spiro atoms. The smallest absolute Gasteiger partial charge is 0.417 e. The zero-order chi connectivity index (χ0) is 31.3.